The first-order valence-electron chi connectivity index (χ1n) is 8.67. The van der Waals surface area contributed by atoms with Gasteiger partial charge in [-0.05, 0) is 29.8 Å². The van der Waals surface area contributed by atoms with Gasteiger partial charge in [0.25, 0.3) is 17.7 Å². The van der Waals surface area contributed by atoms with E-state index in [1.165, 1.54) is 12.1 Å². The van der Waals surface area contributed by atoms with E-state index < -0.39 is 11.8 Å². The molecule has 8 heteroatoms. The summed E-state index contributed by atoms with van der Waals surface area (Å²) in [6.45, 7) is -0.0190. The van der Waals surface area contributed by atoms with Gasteiger partial charge in [-0.2, -0.15) is 0 Å². The average Bonchev–Trinajstić information content (AvgIpc) is 3.17. The highest BCUT2D eigenvalue weighted by Crippen LogP contribution is 2.31. The molecule has 2 aliphatic heterocycles. The number of amides is 5. The summed E-state index contributed by atoms with van der Waals surface area (Å²) in [5, 5.41) is 4.91. The van der Waals surface area contributed by atoms with Gasteiger partial charge in [-0.3, -0.25) is 34.2 Å². The van der Waals surface area contributed by atoms with Crippen LogP contribution in [0.4, 0.5) is 5.69 Å². The molecule has 0 aromatic heterocycles. The summed E-state index contributed by atoms with van der Waals surface area (Å²) in [6, 6.07) is 11.4. The number of nitrogens with zero attached hydrogens (tertiary/aromatic N) is 1. The van der Waals surface area contributed by atoms with Crippen LogP contribution in [0, 0.1) is 0 Å². The van der Waals surface area contributed by atoms with Crippen molar-refractivity contribution in [2.75, 3.05) is 4.90 Å². The van der Waals surface area contributed by atoms with Gasteiger partial charge in [0.2, 0.25) is 11.8 Å². The second-order valence-electron chi connectivity index (χ2n) is 6.48. The molecule has 0 unspecified atom stereocenters. The van der Waals surface area contributed by atoms with Gasteiger partial charge in [-0.25, -0.2) is 0 Å². The molecule has 2 aromatic carbocycles. The Morgan fingerprint density at radius 3 is 2.18 bits per heavy atom. The topological polar surface area (TPSA) is 113 Å². The molecule has 0 saturated carbocycles. The molecular formula is C20H15N3O5. The van der Waals surface area contributed by atoms with Gasteiger partial charge in [-0.1, -0.05) is 18.2 Å². The summed E-state index contributed by atoms with van der Waals surface area (Å²) in [6.07, 6.45) is 0.160. The number of hydrogen-bond donors (Lipinski definition) is 2. The summed E-state index contributed by atoms with van der Waals surface area (Å²) in [4.78, 5) is 61.7. The van der Waals surface area contributed by atoms with Crippen LogP contribution in [0.5, 0.6) is 0 Å². The van der Waals surface area contributed by atoms with Crippen molar-refractivity contribution in [3.05, 3.63) is 64.7 Å². The third-order valence-electron chi connectivity index (χ3n) is 4.70. The number of rotatable bonds is 4. The summed E-state index contributed by atoms with van der Waals surface area (Å²) in [5.74, 6) is -2.25. The molecule has 2 aliphatic rings. The second kappa shape index (κ2) is 6.73. The second-order valence-corrected chi connectivity index (χ2v) is 6.48. The molecule has 140 valence electrons. The average molecular weight is 377 g/mol. The lowest BCUT2D eigenvalue weighted by molar-refractivity contribution is -0.121. The van der Waals surface area contributed by atoms with E-state index in [1.807, 2.05) is 0 Å². The SMILES string of the molecule is O=C(NCc1cc2c(cc1N1C(=O)CCC1=O)C(=O)NC2=O)c1ccccc1. The Hall–Kier alpha value is -3.81. The third kappa shape index (κ3) is 2.94. The van der Waals surface area contributed by atoms with E-state index in [9.17, 15) is 24.0 Å². The number of carbonyl (C=O) groups excluding carboxylic acids is 5. The Kier molecular flexibility index (Phi) is 4.23. The minimum Gasteiger partial charge on any atom is -0.348 e. The molecule has 1 saturated heterocycles. The first kappa shape index (κ1) is 17.6. The maximum absolute atomic E-state index is 12.3. The van der Waals surface area contributed by atoms with Gasteiger partial charge >= 0.3 is 0 Å². The minimum absolute atomic E-state index is 0.0190. The highest BCUT2D eigenvalue weighted by Gasteiger charge is 2.35. The van der Waals surface area contributed by atoms with Crippen molar-refractivity contribution in [1.82, 2.24) is 10.6 Å². The zero-order valence-corrected chi connectivity index (χ0v) is 14.7. The molecule has 0 atom stereocenters. The van der Waals surface area contributed by atoms with Crippen molar-refractivity contribution in [3.8, 4) is 0 Å². The molecule has 2 N–H and O–H groups in total. The van der Waals surface area contributed by atoms with Crippen LogP contribution in [0.15, 0.2) is 42.5 Å². The first-order chi connectivity index (χ1) is 13.5. The number of carbonyl (C=O) groups is 5. The van der Waals surface area contributed by atoms with Crippen molar-refractivity contribution < 1.29 is 24.0 Å². The molecule has 0 spiro atoms. The van der Waals surface area contributed by atoms with Crippen LogP contribution in [-0.2, 0) is 16.1 Å². The lowest BCUT2D eigenvalue weighted by Crippen LogP contribution is -2.31. The molecule has 0 aliphatic carbocycles. The number of anilines is 1. The molecule has 0 bridgehead atoms. The van der Waals surface area contributed by atoms with Crippen LogP contribution < -0.4 is 15.5 Å². The van der Waals surface area contributed by atoms with Crippen LogP contribution >= 0.6 is 0 Å². The maximum atomic E-state index is 12.3. The van der Waals surface area contributed by atoms with Gasteiger partial charge in [0.15, 0.2) is 0 Å². The van der Waals surface area contributed by atoms with E-state index in [1.54, 1.807) is 30.3 Å². The predicted octanol–water partition coefficient (Wildman–Crippen LogP) is 1.15. The van der Waals surface area contributed by atoms with E-state index in [0.717, 1.165) is 4.90 Å². The Morgan fingerprint density at radius 1 is 0.929 bits per heavy atom. The summed E-state index contributed by atoms with van der Waals surface area (Å²) in [5.41, 5.74) is 1.31. The lowest BCUT2D eigenvalue weighted by atomic mass is 10.0. The van der Waals surface area contributed by atoms with Crippen LogP contribution in [0.3, 0.4) is 0 Å². The molecule has 8 nitrogen and oxygen atoms in total. The Morgan fingerprint density at radius 2 is 1.54 bits per heavy atom. The third-order valence-corrected chi connectivity index (χ3v) is 4.70. The van der Waals surface area contributed by atoms with Crippen molar-refractivity contribution in [2.24, 2.45) is 0 Å². The van der Waals surface area contributed by atoms with Crippen LogP contribution in [0.2, 0.25) is 0 Å². The van der Waals surface area contributed by atoms with Crippen molar-refractivity contribution in [2.45, 2.75) is 19.4 Å². The number of imide groups is 2. The molecule has 5 amide bonds. The molecular weight excluding hydrogens is 362 g/mol. The van der Waals surface area contributed by atoms with E-state index in [2.05, 4.69) is 10.6 Å². The molecule has 4 rings (SSSR count). The summed E-state index contributed by atoms with van der Waals surface area (Å²) >= 11 is 0. The van der Waals surface area contributed by atoms with Crippen molar-refractivity contribution in [1.29, 1.82) is 0 Å². The normalized spacial score (nSPS) is 15.6. The highest BCUT2D eigenvalue weighted by molar-refractivity contribution is 6.24. The Bertz CT molecular complexity index is 1030. The Labute approximate surface area is 159 Å². The van der Waals surface area contributed by atoms with E-state index in [-0.39, 0.29) is 53.9 Å². The van der Waals surface area contributed by atoms with Gasteiger partial charge in [0, 0.05) is 24.9 Å². The summed E-state index contributed by atoms with van der Waals surface area (Å²) in [7, 11) is 0. The molecule has 2 heterocycles. The van der Waals surface area contributed by atoms with E-state index in [0.29, 0.717) is 11.1 Å². The molecule has 1 fully saturated rings. The fraction of sp³-hybridized carbons (Fsp3) is 0.150. The fourth-order valence-corrected chi connectivity index (χ4v) is 3.31. The molecule has 28 heavy (non-hydrogen) atoms. The van der Waals surface area contributed by atoms with E-state index in [4.69, 9.17) is 0 Å². The number of benzene rings is 2. The summed E-state index contributed by atoms with van der Waals surface area (Å²) < 4.78 is 0. The molecule has 0 radical (unpaired) electrons. The maximum Gasteiger partial charge on any atom is 0.259 e. The van der Waals surface area contributed by atoms with Crippen molar-refractivity contribution in [3.63, 3.8) is 0 Å². The Balaban J connectivity index is 1.71. The van der Waals surface area contributed by atoms with Crippen LogP contribution in [-0.4, -0.2) is 29.5 Å². The number of hydrogen-bond acceptors (Lipinski definition) is 5. The zero-order chi connectivity index (χ0) is 19.8. The lowest BCUT2D eigenvalue weighted by Gasteiger charge is -2.19. The van der Waals surface area contributed by atoms with Gasteiger partial charge < -0.3 is 5.32 Å². The van der Waals surface area contributed by atoms with E-state index >= 15 is 0 Å². The van der Waals surface area contributed by atoms with Gasteiger partial charge in [0.1, 0.15) is 0 Å². The fourth-order valence-electron chi connectivity index (χ4n) is 3.31. The molecule has 2 aromatic rings. The largest absolute Gasteiger partial charge is 0.348 e. The standard InChI is InChI=1S/C20H15N3O5/c24-16-6-7-17(25)23(16)15-9-14-13(19(27)22-20(14)28)8-12(15)10-21-18(26)11-4-2-1-3-5-11/h1-5,8-9H,6-7,10H2,(H,21,26)(H,22,27,28). The van der Waals surface area contributed by atoms with Crippen molar-refractivity contribution >= 4 is 35.2 Å². The predicted molar refractivity (Wildman–Crippen MR) is 97.6 cm³/mol. The smallest absolute Gasteiger partial charge is 0.259 e. The number of nitrogens with one attached hydrogen (secondary N) is 2. The monoisotopic (exact) mass is 377 g/mol. The van der Waals surface area contributed by atoms with Gasteiger partial charge in [0.05, 0.1) is 16.8 Å². The first-order valence-corrected chi connectivity index (χ1v) is 8.67. The quantitative estimate of drug-likeness (QED) is 0.777. The van der Waals surface area contributed by atoms with Crippen LogP contribution in [0.25, 0.3) is 0 Å². The van der Waals surface area contributed by atoms with Crippen LogP contribution in [0.1, 0.15) is 49.5 Å². The zero-order valence-electron chi connectivity index (χ0n) is 14.7. The number of fused-ring (bicyclic) bond motifs is 1. The van der Waals surface area contributed by atoms with Gasteiger partial charge in [-0.15, -0.1) is 0 Å². The highest BCUT2D eigenvalue weighted by atomic mass is 16.2. The minimum atomic E-state index is -0.583.